The van der Waals surface area contributed by atoms with E-state index in [1.807, 2.05) is 34.0 Å². The van der Waals surface area contributed by atoms with Crippen LogP contribution in [-0.4, -0.2) is 16.1 Å². The van der Waals surface area contributed by atoms with Gasteiger partial charge in [0.1, 0.15) is 0 Å². The quantitative estimate of drug-likeness (QED) is 0.0999. The third-order valence-electron chi connectivity index (χ3n) is 15.0. The molecule has 11 aromatic carbocycles. The van der Waals surface area contributed by atoms with Gasteiger partial charge in [0.25, 0.3) is 0 Å². The first-order valence-electron chi connectivity index (χ1n) is 24.3. The minimum absolute atomic E-state index is 1.26. The number of benzene rings is 11. The summed E-state index contributed by atoms with van der Waals surface area (Å²) >= 11 is 5.77. The Hall–Kier alpha value is -7.49. The smallest absolute Gasteiger partial charge is 0.135 e. The third kappa shape index (κ3) is 6.58. The highest BCUT2D eigenvalue weighted by Crippen LogP contribution is 2.40. The predicted octanol–water partition coefficient (Wildman–Crippen LogP) is 13.2. The number of hydrogen-bond donors (Lipinski definition) is 0. The Bertz CT molecular complexity index is 4210. The van der Waals surface area contributed by atoms with Crippen LogP contribution in [0.2, 0.25) is 0 Å². The summed E-state index contributed by atoms with van der Waals surface area (Å²) in [7, 11) is -5.94. The Morgan fingerprint density at radius 1 is 0.225 bits per heavy atom. The highest BCUT2D eigenvalue weighted by atomic mass is 32.1. The summed E-state index contributed by atoms with van der Waals surface area (Å²) in [6, 6.07) is 102. The van der Waals surface area contributed by atoms with E-state index in [2.05, 4.69) is 267 Å². The van der Waals surface area contributed by atoms with Crippen LogP contribution in [0.1, 0.15) is 0 Å². The zero-order valence-corrected chi connectivity index (χ0v) is 43.1. The van der Waals surface area contributed by atoms with Gasteiger partial charge in [-0.05, 0) is 76.9 Å². The molecule has 0 fully saturated rings. The van der Waals surface area contributed by atoms with Crippen LogP contribution in [0.25, 0.3) is 71.6 Å². The van der Waals surface area contributed by atoms with Crippen LogP contribution in [0.3, 0.4) is 0 Å². The zero-order valence-electron chi connectivity index (χ0n) is 38.6. The zero-order chi connectivity index (χ0) is 46.9. The van der Waals surface area contributed by atoms with E-state index >= 15 is 0 Å². The van der Waals surface area contributed by atoms with E-state index < -0.39 is 16.1 Å². The first kappa shape index (κ1) is 42.4. The van der Waals surface area contributed by atoms with Crippen molar-refractivity contribution < 1.29 is 0 Å². The van der Waals surface area contributed by atoms with Crippen LogP contribution in [0.15, 0.2) is 267 Å². The molecular weight excluding hydrogens is 945 g/mol. The number of rotatable bonds is 9. The summed E-state index contributed by atoms with van der Waals surface area (Å²) in [6.45, 7) is 0. The molecule has 334 valence electrons. The van der Waals surface area contributed by atoms with Crippen LogP contribution in [0, 0.1) is 0 Å². The minimum atomic E-state index is -2.98. The summed E-state index contributed by atoms with van der Waals surface area (Å²) in [6.07, 6.45) is 0. The second-order valence-corrected chi connectivity index (χ2v) is 29.4. The van der Waals surface area contributed by atoms with Crippen molar-refractivity contribution in [1.29, 1.82) is 0 Å². The lowest BCUT2D eigenvalue weighted by atomic mass is 10.0. The standard InChI is InChI=1S/C66H44S3Si2/c1-5-21-46(22-6-1)70(47-23-7-2-8-24-47,50-29-17-20-45(42-50)53-32-18-33-56-54-30-13-15-35-60(54)68-65(53)56)51-38-40-62-58(43-51)59-44-52(39-41-63(59)67-62)71(48-25-9-3-10-26-48,49-27-11-4-12-28-49)64-37-19-34-57-55-31-14-16-36-61(55)69-66(57)64/h1-44H. The highest BCUT2D eigenvalue weighted by Gasteiger charge is 2.44. The molecule has 3 aromatic heterocycles. The summed E-state index contributed by atoms with van der Waals surface area (Å²) in [5, 5.41) is 19.1. The molecule has 14 aromatic rings. The molecule has 0 saturated heterocycles. The second kappa shape index (κ2) is 17.1. The van der Waals surface area contributed by atoms with Gasteiger partial charge >= 0.3 is 0 Å². The van der Waals surface area contributed by atoms with Gasteiger partial charge in [-0.25, -0.2) is 0 Å². The summed E-state index contributed by atoms with van der Waals surface area (Å²) in [5.74, 6) is 0. The Labute approximate surface area is 427 Å². The molecule has 0 bridgehead atoms. The molecule has 0 unspecified atom stereocenters. The van der Waals surface area contributed by atoms with Crippen LogP contribution in [0.5, 0.6) is 0 Å². The van der Waals surface area contributed by atoms with Gasteiger partial charge in [0.15, 0.2) is 16.1 Å². The number of thiophene rings is 3. The van der Waals surface area contributed by atoms with Crippen LogP contribution < -0.4 is 41.5 Å². The van der Waals surface area contributed by atoms with Crippen molar-refractivity contribution >= 4 is 152 Å². The molecule has 0 radical (unpaired) electrons. The summed E-state index contributed by atoms with van der Waals surface area (Å²) in [4.78, 5) is 0. The van der Waals surface area contributed by atoms with Gasteiger partial charge in [0.05, 0.1) is 0 Å². The lowest BCUT2D eigenvalue weighted by Gasteiger charge is -2.35. The van der Waals surface area contributed by atoms with E-state index in [4.69, 9.17) is 0 Å². The van der Waals surface area contributed by atoms with Crippen molar-refractivity contribution in [2.45, 2.75) is 0 Å². The molecule has 14 rings (SSSR count). The average Bonchev–Trinajstić information content (AvgIpc) is 4.15. The van der Waals surface area contributed by atoms with Crippen molar-refractivity contribution in [3.63, 3.8) is 0 Å². The molecule has 0 amide bonds. The normalized spacial score (nSPS) is 12.2. The minimum Gasteiger partial charge on any atom is -0.135 e. The van der Waals surface area contributed by atoms with Gasteiger partial charge in [-0.2, -0.15) is 0 Å². The van der Waals surface area contributed by atoms with Crippen LogP contribution in [0.4, 0.5) is 0 Å². The molecule has 0 aliphatic carbocycles. The monoisotopic (exact) mass is 988 g/mol. The Kier molecular flexibility index (Phi) is 10.2. The largest absolute Gasteiger partial charge is 0.181 e. The first-order chi connectivity index (χ1) is 35.2. The van der Waals surface area contributed by atoms with E-state index in [1.54, 1.807) is 0 Å². The molecule has 0 aliphatic rings. The SMILES string of the molecule is c1ccc([Si](c2ccccc2)(c2cccc(-c3cccc4c3sc3ccccc34)c2)c2ccc3sc4ccc([Si](c5ccccc5)(c5ccccc5)c5cccc6c5sc5ccccc56)cc4c3c2)cc1. The third-order valence-corrected chi connectivity index (χ3v) is 28.3. The molecule has 3 heterocycles. The number of hydrogen-bond acceptors (Lipinski definition) is 3. The molecule has 0 saturated carbocycles. The first-order valence-corrected chi connectivity index (χ1v) is 30.8. The van der Waals surface area contributed by atoms with E-state index in [-0.39, 0.29) is 0 Å². The molecular formula is C66H44S3Si2. The maximum absolute atomic E-state index is 2.98. The van der Waals surface area contributed by atoms with Crippen LogP contribution in [-0.2, 0) is 0 Å². The highest BCUT2D eigenvalue weighted by molar-refractivity contribution is 7.31. The topological polar surface area (TPSA) is 0 Å². The lowest BCUT2D eigenvalue weighted by molar-refractivity contribution is 1.66. The van der Waals surface area contributed by atoms with Gasteiger partial charge in [0.2, 0.25) is 0 Å². The summed E-state index contributed by atoms with van der Waals surface area (Å²) < 4.78 is 8.01. The van der Waals surface area contributed by atoms with E-state index in [9.17, 15) is 0 Å². The fraction of sp³-hybridized carbons (Fsp3) is 0. The Balaban J connectivity index is 1.04. The van der Waals surface area contributed by atoms with Crippen LogP contribution >= 0.6 is 34.0 Å². The van der Waals surface area contributed by atoms with Crippen molar-refractivity contribution in [3.8, 4) is 11.1 Å². The van der Waals surface area contributed by atoms with Crippen molar-refractivity contribution in [2.75, 3.05) is 0 Å². The van der Waals surface area contributed by atoms with Gasteiger partial charge < -0.3 is 0 Å². The molecule has 0 atom stereocenters. The van der Waals surface area contributed by atoms with Gasteiger partial charge in [-0.1, -0.05) is 243 Å². The molecule has 5 heteroatoms. The second-order valence-electron chi connectivity index (χ2n) is 18.6. The Morgan fingerprint density at radius 3 is 1.18 bits per heavy atom. The maximum atomic E-state index is 2.61. The Morgan fingerprint density at radius 2 is 0.620 bits per heavy atom. The number of fused-ring (bicyclic) bond motifs is 9. The fourth-order valence-electron chi connectivity index (χ4n) is 11.9. The predicted molar refractivity (Wildman–Crippen MR) is 318 cm³/mol. The van der Waals surface area contributed by atoms with Gasteiger partial charge in [-0.3, -0.25) is 0 Å². The molecule has 71 heavy (non-hydrogen) atoms. The molecule has 0 aliphatic heterocycles. The average molecular weight is 989 g/mol. The van der Waals surface area contributed by atoms with E-state index in [1.165, 1.54) is 113 Å². The molecule has 0 N–H and O–H groups in total. The van der Waals surface area contributed by atoms with Crippen molar-refractivity contribution in [3.05, 3.63) is 267 Å². The lowest BCUT2D eigenvalue weighted by Crippen LogP contribution is -2.74. The van der Waals surface area contributed by atoms with Crippen molar-refractivity contribution in [1.82, 2.24) is 0 Å². The maximum Gasteiger partial charge on any atom is 0.181 e. The van der Waals surface area contributed by atoms with E-state index in [0.29, 0.717) is 0 Å². The van der Waals surface area contributed by atoms with Gasteiger partial charge in [0, 0.05) is 60.5 Å². The molecule has 0 spiro atoms. The van der Waals surface area contributed by atoms with Gasteiger partial charge in [-0.15, -0.1) is 34.0 Å². The van der Waals surface area contributed by atoms with Crippen molar-refractivity contribution in [2.24, 2.45) is 0 Å². The fourth-order valence-corrected chi connectivity index (χ4v) is 25.6. The van der Waals surface area contributed by atoms with E-state index in [0.717, 1.165) is 0 Å². The summed E-state index contributed by atoms with van der Waals surface area (Å²) in [5.41, 5.74) is 2.55. The molecule has 0 nitrogen and oxygen atoms in total.